The number of amides is 1. The molecule has 0 radical (unpaired) electrons. The first-order valence-corrected chi connectivity index (χ1v) is 4.58. The van der Waals surface area contributed by atoms with E-state index in [1.807, 2.05) is 27.7 Å². The zero-order valence-corrected chi connectivity index (χ0v) is 9.26. The third-order valence-corrected chi connectivity index (χ3v) is 1.35. The lowest BCUT2D eigenvalue weighted by atomic mass is 10.2. The van der Waals surface area contributed by atoms with Crippen LogP contribution in [0.15, 0.2) is 11.6 Å². The molecule has 0 spiro atoms. The molecule has 1 amide bonds. The average Bonchev–Trinajstić information content (AvgIpc) is 1.98. The molecule has 0 fully saturated rings. The molecule has 0 saturated heterocycles. The fraction of sp³-hybridized carbons (Fsp3) is 0.700. The topological polar surface area (TPSA) is 58.6 Å². The molecule has 0 aliphatic rings. The van der Waals surface area contributed by atoms with E-state index in [9.17, 15) is 4.79 Å². The van der Waals surface area contributed by atoms with Gasteiger partial charge >= 0.3 is 6.09 Å². The number of carbonyl (C=O) groups excluding carboxylic acids is 1. The maximum atomic E-state index is 11.1. The van der Waals surface area contributed by atoms with Gasteiger partial charge in [-0.2, -0.15) is 0 Å². The third-order valence-electron chi connectivity index (χ3n) is 1.35. The van der Waals surface area contributed by atoms with Crippen LogP contribution < -0.4 is 5.32 Å². The van der Waals surface area contributed by atoms with Crippen molar-refractivity contribution < 1.29 is 14.6 Å². The highest BCUT2D eigenvalue weighted by molar-refractivity contribution is 5.67. The normalized spacial score (nSPS) is 12.5. The summed E-state index contributed by atoms with van der Waals surface area (Å²) >= 11 is 0. The highest BCUT2D eigenvalue weighted by Gasteiger charge is 2.15. The summed E-state index contributed by atoms with van der Waals surface area (Å²) in [7, 11) is 0. The second-order valence-electron chi connectivity index (χ2n) is 4.09. The molecule has 4 heteroatoms. The summed E-state index contributed by atoms with van der Waals surface area (Å²) < 4.78 is 5.03. The zero-order chi connectivity index (χ0) is 11.2. The van der Waals surface area contributed by atoms with Crippen LogP contribution in [0.25, 0.3) is 0 Å². The third kappa shape index (κ3) is 7.61. The molecule has 0 atom stereocenters. The molecule has 0 heterocycles. The van der Waals surface area contributed by atoms with Crippen molar-refractivity contribution >= 4 is 6.09 Å². The Labute approximate surface area is 85.0 Å². The molecular formula is C10H19NO3. The van der Waals surface area contributed by atoms with Crippen molar-refractivity contribution in [3.05, 3.63) is 11.6 Å². The van der Waals surface area contributed by atoms with Crippen molar-refractivity contribution in [3.63, 3.8) is 0 Å². The Morgan fingerprint density at radius 2 is 2.07 bits per heavy atom. The van der Waals surface area contributed by atoms with Crippen molar-refractivity contribution in [2.75, 3.05) is 13.2 Å². The van der Waals surface area contributed by atoms with E-state index in [1.165, 1.54) is 0 Å². The summed E-state index contributed by atoms with van der Waals surface area (Å²) in [5.74, 6) is 0. The van der Waals surface area contributed by atoms with Gasteiger partial charge in [-0.1, -0.05) is 11.6 Å². The lowest BCUT2D eigenvalue weighted by Gasteiger charge is -2.19. The first-order valence-electron chi connectivity index (χ1n) is 4.58. The van der Waals surface area contributed by atoms with Crippen LogP contribution >= 0.6 is 0 Å². The Hall–Kier alpha value is -1.03. The van der Waals surface area contributed by atoms with Crippen molar-refractivity contribution in [2.45, 2.75) is 33.3 Å². The maximum absolute atomic E-state index is 11.1. The molecule has 0 aliphatic carbocycles. The van der Waals surface area contributed by atoms with Gasteiger partial charge in [-0.15, -0.1) is 0 Å². The molecule has 14 heavy (non-hydrogen) atoms. The van der Waals surface area contributed by atoms with E-state index in [2.05, 4.69) is 5.32 Å². The van der Waals surface area contributed by atoms with E-state index in [1.54, 1.807) is 6.08 Å². The molecule has 0 saturated carbocycles. The van der Waals surface area contributed by atoms with E-state index in [0.717, 1.165) is 5.57 Å². The Morgan fingerprint density at radius 1 is 1.50 bits per heavy atom. The average molecular weight is 201 g/mol. The van der Waals surface area contributed by atoms with Crippen LogP contribution in [0.2, 0.25) is 0 Å². The molecule has 0 bridgehead atoms. The molecule has 0 rings (SSSR count). The van der Waals surface area contributed by atoms with Gasteiger partial charge in [-0.25, -0.2) is 4.79 Å². The van der Waals surface area contributed by atoms with Crippen molar-refractivity contribution in [1.29, 1.82) is 0 Å². The predicted octanol–water partition coefficient (Wildman–Crippen LogP) is 1.45. The summed E-state index contributed by atoms with van der Waals surface area (Å²) in [6.45, 7) is 7.64. The number of aliphatic hydroxyl groups is 1. The fourth-order valence-electron chi connectivity index (χ4n) is 0.754. The number of nitrogens with one attached hydrogen (secondary N) is 1. The number of rotatable bonds is 3. The van der Waals surface area contributed by atoms with E-state index in [0.29, 0.717) is 6.54 Å². The Bertz CT molecular complexity index is 216. The standard InChI is InChI=1S/C10H19NO3/c1-8(5-6-12)7-11-9(13)14-10(2,3)4/h5,12H,6-7H2,1-4H3,(H,11,13)/b8-5-. The summed E-state index contributed by atoms with van der Waals surface area (Å²) in [5.41, 5.74) is 0.428. The minimum absolute atomic E-state index is 0.0121. The number of ether oxygens (including phenoxy) is 1. The van der Waals surface area contributed by atoms with Crippen LogP contribution in [0.1, 0.15) is 27.7 Å². The van der Waals surface area contributed by atoms with E-state index >= 15 is 0 Å². The quantitative estimate of drug-likeness (QED) is 0.679. The molecule has 0 aromatic rings. The van der Waals surface area contributed by atoms with E-state index in [-0.39, 0.29) is 6.61 Å². The molecular weight excluding hydrogens is 182 g/mol. The van der Waals surface area contributed by atoms with Crippen molar-refractivity contribution in [1.82, 2.24) is 5.32 Å². The summed E-state index contributed by atoms with van der Waals surface area (Å²) in [5, 5.41) is 11.2. The molecule has 2 N–H and O–H groups in total. The Balaban J connectivity index is 3.81. The lowest BCUT2D eigenvalue weighted by molar-refractivity contribution is 0.0532. The number of aliphatic hydroxyl groups excluding tert-OH is 1. The Kier molecular flexibility index (Phi) is 5.23. The van der Waals surface area contributed by atoms with E-state index in [4.69, 9.17) is 9.84 Å². The second-order valence-corrected chi connectivity index (χ2v) is 4.09. The molecule has 82 valence electrons. The van der Waals surface area contributed by atoms with Gasteiger partial charge in [0.05, 0.1) is 6.61 Å². The second kappa shape index (κ2) is 5.65. The fourth-order valence-corrected chi connectivity index (χ4v) is 0.754. The van der Waals surface area contributed by atoms with Gasteiger partial charge < -0.3 is 15.2 Å². The molecule has 4 nitrogen and oxygen atoms in total. The summed E-state index contributed by atoms with van der Waals surface area (Å²) in [6.07, 6.45) is 1.19. The molecule has 0 unspecified atom stereocenters. The van der Waals surface area contributed by atoms with Gasteiger partial charge in [-0.05, 0) is 27.7 Å². The first-order chi connectivity index (χ1) is 6.35. The number of hydrogen-bond donors (Lipinski definition) is 2. The SMILES string of the molecule is C/C(=C/CO)CNC(=O)OC(C)(C)C. The first kappa shape index (κ1) is 13.0. The summed E-state index contributed by atoms with van der Waals surface area (Å²) in [6, 6.07) is 0. The predicted molar refractivity (Wildman–Crippen MR) is 55.1 cm³/mol. The Morgan fingerprint density at radius 3 is 2.50 bits per heavy atom. The minimum Gasteiger partial charge on any atom is -0.444 e. The smallest absolute Gasteiger partial charge is 0.407 e. The van der Waals surface area contributed by atoms with Crippen LogP contribution in [0.4, 0.5) is 4.79 Å². The maximum Gasteiger partial charge on any atom is 0.407 e. The van der Waals surface area contributed by atoms with Gasteiger partial charge in [0.25, 0.3) is 0 Å². The summed E-state index contributed by atoms with van der Waals surface area (Å²) in [4.78, 5) is 11.1. The lowest BCUT2D eigenvalue weighted by Crippen LogP contribution is -2.33. The van der Waals surface area contributed by atoms with Crippen molar-refractivity contribution in [2.24, 2.45) is 0 Å². The highest BCUT2D eigenvalue weighted by atomic mass is 16.6. The molecule has 0 aromatic heterocycles. The highest BCUT2D eigenvalue weighted by Crippen LogP contribution is 2.06. The van der Waals surface area contributed by atoms with E-state index < -0.39 is 11.7 Å². The van der Waals surface area contributed by atoms with Crippen LogP contribution in [0.3, 0.4) is 0 Å². The van der Waals surface area contributed by atoms with Crippen LogP contribution in [0.5, 0.6) is 0 Å². The molecule has 0 aliphatic heterocycles. The van der Waals surface area contributed by atoms with Gasteiger partial charge in [0.1, 0.15) is 5.60 Å². The molecule has 0 aromatic carbocycles. The monoisotopic (exact) mass is 201 g/mol. The van der Waals surface area contributed by atoms with Gasteiger partial charge in [-0.3, -0.25) is 0 Å². The number of alkyl carbamates (subject to hydrolysis) is 1. The van der Waals surface area contributed by atoms with Gasteiger partial charge in [0.15, 0.2) is 0 Å². The number of hydrogen-bond acceptors (Lipinski definition) is 3. The van der Waals surface area contributed by atoms with Crippen LogP contribution in [0, 0.1) is 0 Å². The largest absolute Gasteiger partial charge is 0.444 e. The number of carbonyl (C=O) groups is 1. The minimum atomic E-state index is -0.474. The zero-order valence-electron chi connectivity index (χ0n) is 9.26. The van der Waals surface area contributed by atoms with Gasteiger partial charge in [0, 0.05) is 6.54 Å². The van der Waals surface area contributed by atoms with Crippen molar-refractivity contribution in [3.8, 4) is 0 Å². The van der Waals surface area contributed by atoms with Crippen LogP contribution in [-0.4, -0.2) is 30.0 Å². The van der Waals surface area contributed by atoms with Crippen LogP contribution in [-0.2, 0) is 4.74 Å². The van der Waals surface area contributed by atoms with Gasteiger partial charge in [0.2, 0.25) is 0 Å².